The summed E-state index contributed by atoms with van der Waals surface area (Å²) in [4.78, 5) is 11.6. The van der Waals surface area contributed by atoms with E-state index in [0.29, 0.717) is 22.7 Å². The van der Waals surface area contributed by atoms with Crippen molar-refractivity contribution in [2.75, 3.05) is 0 Å². The van der Waals surface area contributed by atoms with Gasteiger partial charge < -0.3 is 5.11 Å². The number of aromatic carboxylic acids is 1. The van der Waals surface area contributed by atoms with Crippen LogP contribution in [-0.4, -0.2) is 40.3 Å². The molecule has 0 aliphatic carbocycles. The molecule has 8 nitrogen and oxygen atoms in total. The van der Waals surface area contributed by atoms with Gasteiger partial charge in [0, 0.05) is 5.56 Å². The molecule has 5 aromatic rings. The van der Waals surface area contributed by atoms with Gasteiger partial charge in [-0.3, -0.25) is 8.80 Å². The monoisotopic (exact) mass is 344 g/mol. The molecule has 0 bridgehead atoms. The van der Waals surface area contributed by atoms with Crippen molar-refractivity contribution < 1.29 is 9.90 Å². The van der Waals surface area contributed by atoms with E-state index >= 15 is 0 Å². The SMILES string of the molecule is Cc1nnc2c3nnc(-c4ccccc4C(=O)O)n3c3ccccc3n12. The Labute approximate surface area is 146 Å². The zero-order chi connectivity index (χ0) is 17.8. The van der Waals surface area contributed by atoms with Crippen LogP contribution in [0.15, 0.2) is 48.5 Å². The molecule has 26 heavy (non-hydrogen) atoms. The summed E-state index contributed by atoms with van der Waals surface area (Å²) in [6.45, 7) is 1.87. The van der Waals surface area contributed by atoms with Gasteiger partial charge in [0.1, 0.15) is 5.82 Å². The highest BCUT2D eigenvalue weighted by Crippen LogP contribution is 2.28. The van der Waals surface area contributed by atoms with E-state index in [9.17, 15) is 9.90 Å². The molecule has 8 heteroatoms. The van der Waals surface area contributed by atoms with Crippen molar-refractivity contribution in [3.63, 3.8) is 0 Å². The first-order valence-corrected chi connectivity index (χ1v) is 7.97. The van der Waals surface area contributed by atoms with Crippen LogP contribution in [0.1, 0.15) is 16.2 Å². The smallest absolute Gasteiger partial charge is 0.336 e. The summed E-state index contributed by atoms with van der Waals surface area (Å²) in [5.74, 6) is 0.188. The van der Waals surface area contributed by atoms with Crippen molar-refractivity contribution in [2.24, 2.45) is 0 Å². The van der Waals surface area contributed by atoms with E-state index in [1.807, 2.05) is 40.0 Å². The molecule has 0 saturated carbocycles. The fraction of sp³-hybridized carbons (Fsp3) is 0.0556. The number of hydrogen-bond donors (Lipinski definition) is 1. The molecule has 0 unspecified atom stereocenters. The van der Waals surface area contributed by atoms with Crippen LogP contribution in [0.5, 0.6) is 0 Å². The summed E-state index contributed by atoms with van der Waals surface area (Å²) < 4.78 is 3.76. The van der Waals surface area contributed by atoms with Gasteiger partial charge in [-0.1, -0.05) is 30.3 Å². The minimum absolute atomic E-state index is 0.170. The minimum Gasteiger partial charge on any atom is -0.478 e. The predicted octanol–water partition coefficient (Wildman–Crippen LogP) is 2.60. The summed E-state index contributed by atoms with van der Waals surface area (Å²) in [6.07, 6.45) is 0. The fourth-order valence-corrected chi connectivity index (χ4v) is 3.33. The number of carbonyl (C=O) groups is 1. The summed E-state index contributed by atoms with van der Waals surface area (Å²) in [6, 6.07) is 14.5. The van der Waals surface area contributed by atoms with E-state index in [2.05, 4.69) is 20.4 Å². The van der Waals surface area contributed by atoms with Crippen LogP contribution in [0.25, 0.3) is 33.7 Å². The maximum Gasteiger partial charge on any atom is 0.336 e. The Morgan fingerprint density at radius 3 is 2.23 bits per heavy atom. The Kier molecular flexibility index (Phi) is 2.84. The Balaban J connectivity index is 2.01. The second-order valence-electron chi connectivity index (χ2n) is 5.93. The van der Waals surface area contributed by atoms with Crippen LogP contribution >= 0.6 is 0 Å². The molecule has 3 heterocycles. The van der Waals surface area contributed by atoms with Crippen molar-refractivity contribution >= 4 is 28.3 Å². The highest BCUT2D eigenvalue weighted by molar-refractivity contribution is 5.96. The average molecular weight is 344 g/mol. The zero-order valence-electron chi connectivity index (χ0n) is 13.7. The molecule has 0 aliphatic heterocycles. The maximum atomic E-state index is 11.6. The Morgan fingerprint density at radius 2 is 1.46 bits per heavy atom. The van der Waals surface area contributed by atoms with Gasteiger partial charge in [-0.05, 0) is 25.1 Å². The zero-order valence-corrected chi connectivity index (χ0v) is 13.7. The summed E-state index contributed by atoms with van der Waals surface area (Å²) in [5, 5.41) is 26.5. The van der Waals surface area contributed by atoms with E-state index in [-0.39, 0.29) is 5.56 Å². The number of aryl methyl sites for hydroxylation is 1. The molecule has 2 aromatic carbocycles. The molecule has 126 valence electrons. The Hall–Kier alpha value is -3.81. The van der Waals surface area contributed by atoms with Gasteiger partial charge >= 0.3 is 5.97 Å². The van der Waals surface area contributed by atoms with Crippen molar-refractivity contribution in [2.45, 2.75) is 6.92 Å². The van der Waals surface area contributed by atoms with E-state index < -0.39 is 5.97 Å². The van der Waals surface area contributed by atoms with Crippen molar-refractivity contribution in [3.05, 3.63) is 59.9 Å². The van der Waals surface area contributed by atoms with Gasteiger partial charge in [-0.15, -0.1) is 20.4 Å². The molecule has 0 spiro atoms. The van der Waals surface area contributed by atoms with Gasteiger partial charge in [0.05, 0.1) is 16.6 Å². The number of fused-ring (bicyclic) bond motifs is 6. The third-order valence-corrected chi connectivity index (χ3v) is 4.45. The summed E-state index contributed by atoms with van der Waals surface area (Å²) in [5.41, 5.74) is 3.51. The Bertz CT molecular complexity index is 1330. The minimum atomic E-state index is -1.01. The van der Waals surface area contributed by atoms with E-state index in [0.717, 1.165) is 16.9 Å². The van der Waals surface area contributed by atoms with E-state index in [1.165, 1.54) is 0 Å². The molecule has 0 saturated heterocycles. The maximum absolute atomic E-state index is 11.6. The summed E-state index contributed by atoms with van der Waals surface area (Å²) in [7, 11) is 0. The van der Waals surface area contributed by atoms with Crippen molar-refractivity contribution in [1.82, 2.24) is 29.2 Å². The second kappa shape index (κ2) is 5.09. The number of benzene rings is 2. The van der Waals surface area contributed by atoms with Crippen molar-refractivity contribution in [3.8, 4) is 11.4 Å². The van der Waals surface area contributed by atoms with E-state index in [1.54, 1.807) is 24.3 Å². The van der Waals surface area contributed by atoms with Crippen LogP contribution in [0.4, 0.5) is 0 Å². The van der Waals surface area contributed by atoms with E-state index in [4.69, 9.17) is 0 Å². The van der Waals surface area contributed by atoms with Crippen LogP contribution in [0.3, 0.4) is 0 Å². The molecule has 0 radical (unpaired) electrons. The number of hydrogen-bond acceptors (Lipinski definition) is 5. The third-order valence-electron chi connectivity index (χ3n) is 4.45. The molecule has 1 N–H and O–H groups in total. The number of rotatable bonds is 2. The lowest BCUT2D eigenvalue weighted by Crippen LogP contribution is -2.03. The normalized spacial score (nSPS) is 11.6. The lowest BCUT2D eigenvalue weighted by atomic mass is 10.1. The molecule has 0 atom stereocenters. The molecule has 0 amide bonds. The highest BCUT2D eigenvalue weighted by Gasteiger charge is 2.21. The molecule has 0 fully saturated rings. The first kappa shape index (κ1) is 14.5. The first-order valence-electron chi connectivity index (χ1n) is 7.97. The van der Waals surface area contributed by atoms with Gasteiger partial charge in [0.2, 0.25) is 11.3 Å². The standard InChI is InChI=1S/C18H12N6O2/c1-10-19-21-16-17-22-20-15(11-6-2-3-7-12(11)18(25)26)24(17)14-9-5-4-8-13(14)23(10)16/h2-9H,1H3,(H,25,26). The second-order valence-corrected chi connectivity index (χ2v) is 5.93. The molecular formula is C18H12N6O2. The summed E-state index contributed by atoms with van der Waals surface area (Å²) >= 11 is 0. The lowest BCUT2D eigenvalue weighted by Gasteiger charge is -2.09. The first-order chi connectivity index (χ1) is 12.7. The lowest BCUT2D eigenvalue weighted by molar-refractivity contribution is 0.0697. The van der Waals surface area contributed by atoms with Crippen LogP contribution in [0.2, 0.25) is 0 Å². The van der Waals surface area contributed by atoms with Gasteiger partial charge in [-0.25, -0.2) is 4.79 Å². The topological polar surface area (TPSA) is 97.7 Å². The highest BCUT2D eigenvalue weighted by atomic mass is 16.4. The van der Waals surface area contributed by atoms with Crippen LogP contribution < -0.4 is 0 Å². The average Bonchev–Trinajstić information content (AvgIpc) is 3.26. The number of para-hydroxylation sites is 2. The fourth-order valence-electron chi connectivity index (χ4n) is 3.33. The van der Waals surface area contributed by atoms with Gasteiger partial charge in [-0.2, -0.15) is 0 Å². The number of carboxylic acids is 1. The predicted molar refractivity (Wildman–Crippen MR) is 94.2 cm³/mol. The van der Waals surface area contributed by atoms with Gasteiger partial charge in [0.15, 0.2) is 5.82 Å². The van der Waals surface area contributed by atoms with Gasteiger partial charge in [0.25, 0.3) is 0 Å². The molecule has 3 aromatic heterocycles. The largest absolute Gasteiger partial charge is 0.478 e. The number of nitrogens with zero attached hydrogens (tertiary/aromatic N) is 6. The molecule has 0 aliphatic rings. The third kappa shape index (κ3) is 1.80. The number of carboxylic acid groups (broad SMARTS) is 1. The van der Waals surface area contributed by atoms with Crippen molar-refractivity contribution in [1.29, 1.82) is 0 Å². The Morgan fingerprint density at radius 1 is 0.846 bits per heavy atom. The molecule has 5 rings (SSSR count). The van der Waals surface area contributed by atoms with Crippen LogP contribution in [-0.2, 0) is 0 Å². The number of aromatic nitrogens is 6. The quantitative estimate of drug-likeness (QED) is 0.528. The van der Waals surface area contributed by atoms with Crippen LogP contribution in [0, 0.1) is 6.92 Å². The molecular weight excluding hydrogens is 332 g/mol.